The molecule has 21 heavy (non-hydrogen) atoms. The molecule has 1 fully saturated rings. The van der Waals surface area contributed by atoms with Crippen molar-refractivity contribution in [3.63, 3.8) is 0 Å². The summed E-state index contributed by atoms with van der Waals surface area (Å²) >= 11 is 3.91. The van der Waals surface area contributed by atoms with Crippen molar-refractivity contribution in [1.29, 1.82) is 0 Å². The van der Waals surface area contributed by atoms with Gasteiger partial charge in [0.05, 0.1) is 5.56 Å². The summed E-state index contributed by atoms with van der Waals surface area (Å²) < 4.78 is 38.6. The van der Waals surface area contributed by atoms with E-state index >= 15 is 0 Å². The van der Waals surface area contributed by atoms with Crippen LogP contribution in [-0.2, 0) is 15.8 Å². The average molecular weight is 382 g/mol. The van der Waals surface area contributed by atoms with Crippen LogP contribution in [0.4, 0.5) is 18.9 Å². The van der Waals surface area contributed by atoms with Gasteiger partial charge in [-0.2, -0.15) is 13.2 Å². The van der Waals surface area contributed by atoms with Gasteiger partial charge in [0.25, 0.3) is 0 Å². The number of rotatable bonds is 2. The predicted octanol–water partition coefficient (Wildman–Crippen LogP) is 3.85. The lowest BCUT2D eigenvalue weighted by molar-refractivity contribution is -0.138. The van der Waals surface area contributed by atoms with Crippen LogP contribution in [0, 0.1) is 0 Å². The first kappa shape index (κ1) is 16.4. The van der Waals surface area contributed by atoms with E-state index in [-0.39, 0.29) is 39.4 Å². The van der Waals surface area contributed by atoms with Crippen molar-refractivity contribution in [3.8, 4) is 0 Å². The van der Waals surface area contributed by atoms with Gasteiger partial charge in [0, 0.05) is 35.3 Å². The predicted molar refractivity (Wildman–Crippen MR) is 78.2 cm³/mol. The lowest BCUT2D eigenvalue weighted by Gasteiger charge is -2.19. The van der Waals surface area contributed by atoms with E-state index in [1.165, 1.54) is 24.0 Å². The van der Waals surface area contributed by atoms with E-state index < -0.39 is 11.7 Å². The number of thioether (sulfide) groups is 1. The molecule has 1 unspecified atom stereocenters. The van der Waals surface area contributed by atoms with Crippen molar-refractivity contribution in [2.24, 2.45) is 0 Å². The van der Waals surface area contributed by atoms with E-state index in [9.17, 15) is 22.8 Å². The Morgan fingerprint density at radius 2 is 2.10 bits per heavy atom. The Labute approximate surface area is 132 Å². The van der Waals surface area contributed by atoms with E-state index in [4.69, 9.17) is 0 Å². The standard InChI is InChI=1S/C13H11BrF3NO2S/c1-7(19)21-9-5-12(20)18(6-9)8-2-3-11(14)10(4-8)13(15,16)17/h2-4,9H,5-6H2,1H3. The average Bonchev–Trinajstić information content (AvgIpc) is 2.68. The molecule has 1 aliphatic heterocycles. The Hall–Kier alpha value is -1.02. The van der Waals surface area contributed by atoms with Crippen LogP contribution in [0.5, 0.6) is 0 Å². The minimum atomic E-state index is -4.49. The molecule has 0 radical (unpaired) electrons. The fraction of sp³-hybridized carbons (Fsp3) is 0.385. The SMILES string of the molecule is CC(=O)SC1CC(=O)N(c2ccc(Br)c(C(F)(F)F)c2)C1. The van der Waals surface area contributed by atoms with Gasteiger partial charge >= 0.3 is 6.18 Å². The summed E-state index contributed by atoms with van der Waals surface area (Å²) in [5.74, 6) is -0.274. The van der Waals surface area contributed by atoms with Crippen LogP contribution in [0.1, 0.15) is 18.9 Å². The summed E-state index contributed by atoms with van der Waals surface area (Å²) in [5.41, 5.74) is -0.627. The molecule has 1 amide bonds. The number of carbonyl (C=O) groups excluding carboxylic acids is 2. The number of halogens is 4. The van der Waals surface area contributed by atoms with Gasteiger partial charge in [-0.05, 0) is 18.2 Å². The second-order valence-electron chi connectivity index (χ2n) is 4.60. The monoisotopic (exact) mass is 381 g/mol. The largest absolute Gasteiger partial charge is 0.417 e. The number of hydrogen-bond acceptors (Lipinski definition) is 3. The van der Waals surface area contributed by atoms with Crippen LogP contribution < -0.4 is 4.90 Å². The van der Waals surface area contributed by atoms with Crippen molar-refractivity contribution >= 4 is 44.4 Å². The highest BCUT2D eigenvalue weighted by molar-refractivity contribution is 9.10. The number of alkyl halides is 3. The molecular weight excluding hydrogens is 371 g/mol. The third kappa shape index (κ3) is 3.79. The van der Waals surface area contributed by atoms with E-state index in [0.29, 0.717) is 0 Å². The fourth-order valence-electron chi connectivity index (χ4n) is 2.14. The Balaban J connectivity index is 2.27. The van der Waals surface area contributed by atoms with Crippen molar-refractivity contribution in [1.82, 2.24) is 0 Å². The Kier molecular flexibility index (Phi) is 4.67. The van der Waals surface area contributed by atoms with Gasteiger partial charge in [0.15, 0.2) is 5.12 Å². The molecule has 1 aliphatic rings. The maximum absolute atomic E-state index is 12.9. The molecule has 1 heterocycles. The molecule has 0 N–H and O–H groups in total. The fourth-order valence-corrected chi connectivity index (χ4v) is 3.53. The van der Waals surface area contributed by atoms with Crippen molar-refractivity contribution in [3.05, 3.63) is 28.2 Å². The maximum Gasteiger partial charge on any atom is 0.417 e. The zero-order chi connectivity index (χ0) is 15.8. The molecule has 0 aromatic heterocycles. The van der Waals surface area contributed by atoms with Crippen LogP contribution in [0.2, 0.25) is 0 Å². The quantitative estimate of drug-likeness (QED) is 0.780. The number of carbonyl (C=O) groups is 2. The Morgan fingerprint density at radius 1 is 1.43 bits per heavy atom. The molecule has 1 aromatic rings. The number of anilines is 1. The Morgan fingerprint density at radius 3 is 2.67 bits per heavy atom. The first-order valence-corrected chi connectivity index (χ1v) is 7.70. The molecule has 0 aliphatic carbocycles. The highest BCUT2D eigenvalue weighted by atomic mass is 79.9. The summed E-state index contributed by atoms with van der Waals surface area (Å²) in [4.78, 5) is 24.3. The molecule has 0 saturated carbocycles. The molecule has 1 atom stereocenters. The lowest BCUT2D eigenvalue weighted by atomic mass is 10.2. The zero-order valence-electron chi connectivity index (χ0n) is 10.9. The van der Waals surface area contributed by atoms with Gasteiger partial charge in [0.1, 0.15) is 0 Å². The molecule has 114 valence electrons. The van der Waals surface area contributed by atoms with Crippen LogP contribution in [0.15, 0.2) is 22.7 Å². The zero-order valence-corrected chi connectivity index (χ0v) is 13.3. The van der Waals surface area contributed by atoms with E-state index in [2.05, 4.69) is 15.9 Å². The second-order valence-corrected chi connectivity index (χ2v) is 6.93. The lowest BCUT2D eigenvalue weighted by Crippen LogP contribution is -2.25. The second kappa shape index (κ2) is 6.00. The van der Waals surface area contributed by atoms with Crippen molar-refractivity contribution in [2.75, 3.05) is 11.4 Å². The van der Waals surface area contributed by atoms with Crippen molar-refractivity contribution in [2.45, 2.75) is 24.8 Å². The number of amides is 1. The number of benzene rings is 1. The number of hydrogen-bond donors (Lipinski definition) is 0. The smallest absolute Gasteiger partial charge is 0.311 e. The third-order valence-electron chi connectivity index (χ3n) is 2.99. The van der Waals surface area contributed by atoms with Crippen LogP contribution in [0.25, 0.3) is 0 Å². The van der Waals surface area contributed by atoms with Crippen LogP contribution in [0.3, 0.4) is 0 Å². The van der Waals surface area contributed by atoms with Gasteiger partial charge in [-0.3, -0.25) is 9.59 Å². The normalized spacial score (nSPS) is 19.2. The molecular formula is C13H11BrF3NO2S. The molecule has 2 rings (SSSR count). The van der Waals surface area contributed by atoms with Gasteiger partial charge in [-0.1, -0.05) is 27.7 Å². The summed E-state index contributed by atoms with van der Waals surface area (Å²) in [6, 6.07) is 3.68. The molecule has 3 nitrogen and oxygen atoms in total. The van der Waals surface area contributed by atoms with E-state index in [1.54, 1.807) is 0 Å². The summed E-state index contributed by atoms with van der Waals surface area (Å²) in [6.45, 7) is 1.64. The minimum absolute atomic E-state index is 0.0694. The first-order chi connectivity index (χ1) is 9.68. The third-order valence-corrected chi connectivity index (χ3v) is 4.66. The molecule has 8 heteroatoms. The van der Waals surface area contributed by atoms with Gasteiger partial charge in [-0.25, -0.2) is 0 Å². The van der Waals surface area contributed by atoms with Gasteiger partial charge < -0.3 is 4.90 Å². The highest BCUT2D eigenvalue weighted by Gasteiger charge is 2.36. The highest BCUT2D eigenvalue weighted by Crippen LogP contribution is 2.38. The molecule has 1 saturated heterocycles. The van der Waals surface area contributed by atoms with Gasteiger partial charge in [0.2, 0.25) is 5.91 Å². The topological polar surface area (TPSA) is 37.4 Å². The summed E-state index contributed by atoms with van der Waals surface area (Å²) in [6.07, 6.45) is -4.34. The van der Waals surface area contributed by atoms with Gasteiger partial charge in [-0.15, -0.1) is 0 Å². The maximum atomic E-state index is 12.9. The van der Waals surface area contributed by atoms with E-state index in [0.717, 1.165) is 17.8 Å². The van der Waals surface area contributed by atoms with Crippen LogP contribution in [-0.4, -0.2) is 22.8 Å². The summed E-state index contributed by atoms with van der Waals surface area (Å²) in [5, 5.41) is -0.325. The minimum Gasteiger partial charge on any atom is -0.311 e. The molecule has 1 aromatic carbocycles. The summed E-state index contributed by atoms with van der Waals surface area (Å²) in [7, 11) is 0. The molecule has 0 bridgehead atoms. The Bertz CT molecular complexity index is 591. The first-order valence-electron chi connectivity index (χ1n) is 6.03. The number of nitrogens with zero attached hydrogens (tertiary/aromatic N) is 1. The molecule has 0 spiro atoms. The van der Waals surface area contributed by atoms with Crippen LogP contribution >= 0.6 is 27.7 Å². The van der Waals surface area contributed by atoms with E-state index in [1.807, 2.05) is 0 Å². The van der Waals surface area contributed by atoms with Crippen molar-refractivity contribution < 1.29 is 22.8 Å².